The third-order valence-electron chi connectivity index (χ3n) is 3.40. The minimum absolute atomic E-state index is 0.0867. The van der Waals surface area contributed by atoms with Crippen molar-refractivity contribution >= 4 is 16.0 Å². The van der Waals surface area contributed by atoms with Crippen molar-refractivity contribution in [2.24, 2.45) is 11.8 Å². The zero-order valence-electron chi connectivity index (χ0n) is 10.6. The number of aliphatic hydroxyl groups excluding tert-OH is 1. The van der Waals surface area contributed by atoms with Gasteiger partial charge in [-0.1, -0.05) is 12.8 Å². The number of hydrogen-bond donors (Lipinski definition) is 2. The van der Waals surface area contributed by atoms with E-state index < -0.39 is 21.7 Å². The lowest BCUT2D eigenvalue weighted by Crippen LogP contribution is -2.38. The van der Waals surface area contributed by atoms with E-state index >= 15 is 0 Å². The van der Waals surface area contributed by atoms with Crippen molar-refractivity contribution < 1.29 is 23.1 Å². The summed E-state index contributed by atoms with van der Waals surface area (Å²) < 4.78 is 29.9. The van der Waals surface area contributed by atoms with Gasteiger partial charge in [0.25, 0.3) is 0 Å². The zero-order valence-corrected chi connectivity index (χ0v) is 11.4. The van der Waals surface area contributed by atoms with E-state index in [1.54, 1.807) is 0 Å². The summed E-state index contributed by atoms with van der Waals surface area (Å²) in [6.45, 7) is 0.369. The normalized spacial score (nSPS) is 24.8. The molecule has 6 nitrogen and oxygen atoms in total. The molecule has 0 radical (unpaired) electrons. The molecule has 106 valence electrons. The maximum absolute atomic E-state index is 11.6. The van der Waals surface area contributed by atoms with Crippen LogP contribution in [0.5, 0.6) is 0 Å². The van der Waals surface area contributed by atoms with Crippen molar-refractivity contribution in [3.8, 4) is 0 Å². The summed E-state index contributed by atoms with van der Waals surface area (Å²) >= 11 is 0. The van der Waals surface area contributed by atoms with Gasteiger partial charge in [-0.15, -0.1) is 0 Å². The number of nitrogens with one attached hydrogen (secondary N) is 1. The fourth-order valence-corrected chi connectivity index (χ4v) is 3.29. The van der Waals surface area contributed by atoms with Gasteiger partial charge in [-0.3, -0.25) is 4.79 Å². The van der Waals surface area contributed by atoms with E-state index in [2.05, 4.69) is 9.46 Å². The van der Waals surface area contributed by atoms with Gasteiger partial charge < -0.3 is 9.84 Å². The maximum atomic E-state index is 11.6. The van der Waals surface area contributed by atoms with Crippen LogP contribution in [-0.2, 0) is 19.6 Å². The average molecular weight is 279 g/mol. The smallest absolute Gasteiger partial charge is 0.322 e. The first-order valence-electron chi connectivity index (χ1n) is 6.13. The zero-order chi connectivity index (χ0) is 13.6. The molecule has 2 N–H and O–H groups in total. The van der Waals surface area contributed by atoms with Gasteiger partial charge in [0.05, 0.1) is 7.11 Å². The molecule has 0 aliphatic heterocycles. The third-order valence-corrected chi connectivity index (χ3v) is 4.62. The van der Waals surface area contributed by atoms with E-state index in [1.807, 2.05) is 0 Å². The Balaban J connectivity index is 2.45. The first kappa shape index (κ1) is 15.4. The fraction of sp³-hybridized carbons (Fsp3) is 0.909. The molecule has 0 amide bonds. The molecule has 0 spiro atoms. The standard InChI is InChI=1S/C11H21NO5S/c1-17-11(14)8-18(15,16)12-6-9-4-2-3-5-10(9)7-13/h9-10,12-13H,2-8H2,1H3. The molecule has 7 heteroatoms. The molecule has 0 heterocycles. The number of rotatable bonds is 6. The summed E-state index contributed by atoms with van der Waals surface area (Å²) in [5.41, 5.74) is 0. The van der Waals surface area contributed by atoms with E-state index in [1.165, 1.54) is 0 Å². The summed E-state index contributed by atoms with van der Waals surface area (Å²) in [5, 5.41) is 9.22. The minimum Gasteiger partial charge on any atom is -0.468 e. The van der Waals surface area contributed by atoms with Gasteiger partial charge in [-0.25, -0.2) is 13.1 Å². The highest BCUT2D eigenvalue weighted by Crippen LogP contribution is 2.29. The molecule has 2 atom stereocenters. The number of ether oxygens (including phenoxy) is 1. The van der Waals surface area contributed by atoms with Crippen molar-refractivity contribution in [1.82, 2.24) is 4.72 Å². The van der Waals surface area contributed by atoms with Crippen LogP contribution in [0.3, 0.4) is 0 Å². The van der Waals surface area contributed by atoms with Crippen LogP contribution in [0.2, 0.25) is 0 Å². The molecule has 0 bridgehead atoms. The largest absolute Gasteiger partial charge is 0.468 e. The minimum atomic E-state index is -3.63. The summed E-state index contributed by atoms with van der Waals surface area (Å²) in [6, 6.07) is 0. The Kier molecular flexibility index (Phi) is 6.04. The Morgan fingerprint density at radius 1 is 1.33 bits per heavy atom. The van der Waals surface area contributed by atoms with Gasteiger partial charge >= 0.3 is 5.97 Å². The molecule has 1 aliphatic rings. The highest BCUT2D eigenvalue weighted by molar-refractivity contribution is 7.90. The Morgan fingerprint density at radius 3 is 2.50 bits per heavy atom. The summed E-state index contributed by atoms with van der Waals surface area (Å²) in [4.78, 5) is 10.9. The second kappa shape index (κ2) is 7.06. The molecular weight excluding hydrogens is 258 g/mol. The van der Waals surface area contributed by atoms with E-state index in [-0.39, 0.29) is 25.0 Å². The van der Waals surface area contributed by atoms with Crippen molar-refractivity contribution in [3.05, 3.63) is 0 Å². The highest BCUT2D eigenvalue weighted by Gasteiger charge is 2.26. The SMILES string of the molecule is COC(=O)CS(=O)(=O)NCC1CCCCC1CO. The number of carbonyl (C=O) groups is 1. The second-order valence-corrected chi connectivity index (χ2v) is 6.48. The number of carbonyl (C=O) groups excluding carboxylic acids is 1. The second-order valence-electron chi connectivity index (χ2n) is 4.67. The molecule has 0 aromatic carbocycles. The quantitative estimate of drug-likeness (QED) is 0.661. The fourth-order valence-electron chi connectivity index (χ4n) is 2.29. The van der Waals surface area contributed by atoms with Crippen molar-refractivity contribution in [1.29, 1.82) is 0 Å². The van der Waals surface area contributed by atoms with Gasteiger partial charge in [0.15, 0.2) is 5.75 Å². The van der Waals surface area contributed by atoms with E-state index in [4.69, 9.17) is 0 Å². The van der Waals surface area contributed by atoms with Crippen LogP contribution in [0.4, 0.5) is 0 Å². The molecule has 0 saturated heterocycles. The lowest BCUT2D eigenvalue weighted by atomic mass is 9.80. The number of aliphatic hydroxyl groups is 1. The molecule has 2 unspecified atom stereocenters. The van der Waals surface area contributed by atoms with Gasteiger partial charge in [0, 0.05) is 13.2 Å². The molecule has 1 saturated carbocycles. The lowest BCUT2D eigenvalue weighted by Gasteiger charge is -2.30. The van der Waals surface area contributed by atoms with Gasteiger partial charge in [-0.05, 0) is 24.7 Å². The first-order valence-corrected chi connectivity index (χ1v) is 7.78. The molecule has 1 fully saturated rings. The predicted octanol–water partition coefficient (Wildman–Crippen LogP) is -0.122. The Labute approximate surface area is 108 Å². The van der Waals surface area contributed by atoms with Crippen molar-refractivity contribution in [2.45, 2.75) is 25.7 Å². The molecule has 0 aromatic rings. The van der Waals surface area contributed by atoms with Gasteiger partial charge in [0.1, 0.15) is 0 Å². The average Bonchev–Trinajstić information content (AvgIpc) is 2.36. The highest BCUT2D eigenvalue weighted by atomic mass is 32.2. The van der Waals surface area contributed by atoms with Crippen LogP contribution < -0.4 is 4.72 Å². The Morgan fingerprint density at radius 2 is 1.94 bits per heavy atom. The molecule has 0 aromatic heterocycles. The lowest BCUT2D eigenvalue weighted by molar-refractivity contribution is -0.137. The van der Waals surface area contributed by atoms with Crippen LogP contribution >= 0.6 is 0 Å². The monoisotopic (exact) mass is 279 g/mol. The van der Waals surface area contributed by atoms with Gasteiger partial charge in [-0.2, -0.15) is 0 Å². The maximum Gasteiger partial charge on any atom is 0.322 e. The van der Waals surface area contributed by atoms with E-state index in [0.29, 0.717) is 0 Å². The summed E-state index contributed by atoms with van der Waals surface area (Å²) in [6.07, 6.45) is 3.97. The van der Waals surface area contributed by atoms with Crippen molar-refractivity contribution in [3.63, 3.8) is 0 Å². The third kappa shape index (κ3) is 4.91. The molecule has 1 rings (SSSR count). The van der Waals surface area contributed by atoms with Crippen molar-refractivity contribution in [2.75, 3.05) is 26.0 Å². The number of esters is 1. The van der Waals surface area contributed by atoms with E-state index in [0.717, 1.165) is 32.8 Å². The summed E-state index contributed by atoms with van der Waals surface area (Å²) in [7, 11) is -2.48. The molecule has 18 heavy (non-hydrogen) atoms. The topological polar surface area (TPSA) is 92.7 Å². The number of methoxy groups -OCH3 is 1. The first-order chi connectivity index (χ1) is 8.48. The number of hydrogen-bond acceptors (Lipinski definition) is 5. The molecular formula is C11H21NO5S. The van der Waals surface area contributed by atoms with Crippen LogP contribution in [0, 0.1) is 11.8 Å². The predicted molar refractivity (Wildman–Crippen MR) is 66.3 cm³/mol. The Hall–Kier alpha value is -0.660. The van der Waals surface area contributed by atoms with Crippen LogP contribution in [0.25, 0.3) is 0 Å². The molecule has 1 aliphatic carbocycles. The van der Waals surface area contributed by atoms with Crippen LogP contribution in [-0.4, -0.2) is 45.5 Å². The van der Waals surface area contributed by atoms with E-state index in [9.17, 15) is 18.3 Å². The Bertz CT molecular complexity index is 368. The van der Waals surface area contributed by atoms with Crippen LogP contribution in [0.15, 0.2) is 0 Å². The van der Waals surface area contributed by atoms with Crippen LogP contribution in [0.1, 0.15) is 25.7 Å². The summed E-state index contributed by atoms with van der Waals surface area (Å²) in [5.74, 6) is -1.12. The van der Waals surface area contributed by atoms with Gasteiger partial charge in [0.2, 0.25) is 10.0 Å². The number of sulfonamides is 1.